The van der Waals surface area contributed by atoms with Crippen LogP contribution in [0, 0.1) is 5.41 Å². The van der Waals surface area contributed by atoms with Crippen molar-refractivity contribution in [3.63, 3.8) is 0 Å². The number of hydrogen-bond donors (Lipinski definition) is 2. The number of amides is 1. The first-order chi connectivity index (χ1) is 15.2. The fourth-order valence-electron chi connectivity index (χ4n) is 4.99. The summed E-state index contributed by atoms with van der Waals surface area (Å²) in [6.07, 6.45) is 5.10. The van der Waals surface area contributed by atoms with E-state index >= 15 is 0 Å². The topological polar surface area (TPSA) is 95.9 Å². The number of imidazole rings is 1. The number of fused-ring (bicyclic) bond motifs is 2. The SMILES string of the molecule is CNc1nc2ccc(C(=O)N3CCC4(CC3)CC(=O)c3nn(C(C)(C)C)cc3C4)cc2[nH]1. The van der Waals surface area contributed by atoms with Gasteiger partial charge in [-0.2, -0.15) is 5.10 Å². The molecule has 3 heterocycles. The Balaban J connectivity index is 1.31. The van der Waals surface area contributed by atoms with E-state index in [1.54, 1.807) is 7.05 Å². The Kier molecular flexibility index (Phi) is 4.65. The summed E-state index contributed by atoms with van der Waals surface area (Å²) < 4.78 is 1.91. The molecule has 0 unspecified atom stereocenters. The van der Waals surface area contributed by atoms with Crippen LogP contribution < -0.4 is 5.32 Å². The van der Waals surface area contributed by atoms with E-state index < -0.39 is 0 Å². The number of anilines is 1. The lowest BCUT2D eigenvalue weighted by Crippen LogP contribution is -2.46. The van der Waals surface area contributed by atoms with Gasteiger partial charge in [0, 0.05) is 43.9 Å². The van der Waals surface area contributed by atoms with Gasteiger partial charge in [0.2, 0.25) is 5.95 Å². The molecule has 1 amide bonds. The van der Waals surface area contributed by atoms with Gasteiger partial charge >= 0.3 is 0 Å². The van der Waals surface area contributed by atoms with E-state index in [1.165, 1.54) is 0 Å². The van der Waals surface area contributed by atoms with Gasteiger partial charge in [-0.15, -0.1) is 0 Å². The first-order valence-corrected chi connectivity index (χ1v) is 11.3. The Labute approximate surface area is 187 Å². The molecule has 1 aromatic carbocycles. The fourth-order valence-corrected chi connectivity index (χ4v) is 4.99. The number of carbonyl (C=O) groups is 2. The number of aromatic amines is 1. The van der Waals surface area contributed by atoms with Crippen LogP contribution in [0.25, 0.3) is 11.0 Å². The van der Waals surface area contributed by atoms with Crippen LogP contribution in [0.4, 0.5) is 5.95 Å². The largest absolute Gasteiger partial charge is 0.359 e. The summed E-state index contributed by atoms with van der Waals surface area (Å²) in [5.41, 5.74) is 3.81. The summed E-state index contributed by atoms with van der Waals surface area (Å²) >= 11 is 0. The van der Waals surface area contributed by atoms with Crippen molar-refractivity contribution in [1.29, 1.82) is 0 Å². The van der Waals surface area contributed by atoms with E-state index in [1.807, 2.05) is 34.0 Å². The lowest BCUT2D eigenvalue weighted by Gasteiger charge is -2.43. The lowest BCUT2D eigenvalue weighted by molar-refractivity contribution is 0.0520. The minimum absolute atomic E-state index is 0.0331. The Morgan fingerprint density at radius 2 is 1.94 bits per heavy atom. The molecule has 1 fully saturated rings. The maximum Gasteiger partial charge on any atom is 0.253 e. The number of Topliss-reactive ketones (excluding diaryl/α,β-unsaturated/α-hetero) is 1. The quantitative estimate of drug-likeness (QED) is 0.642. The third-order valence-corrected chi connectivity index (χ3v) is 6.92. The second-order valence-corrected chi connectivity index (χ2v) is 10.3. The van der Waals surface area contributed by atoms with Crippen molar-refractivity contribution in [2.45, 2.75) is 52.0 Å². The van der Waals surface area contributed by atoms with Crippen molar-refractivity contribution in [3.05, 3.63) is 41.2 Å². The summed E-state index contributed by atoms with van der Waals surface area (Å²) in [5, 5.41) is 7.57. The van der Waals surface area contributed by atoms with Gasteiger partial charge < -0.3 is 15.2 Å². The predicted octanol–water partition coefficient (Wildman–Crippen LogP) is 3.61. The number of ketones is 1. The van der Waals surface area contributed by atoms with Crippen LogP contribution in [0.3, 0.4) is 0 Å². The number of carbonyl (C=O) groups excluding carboxylic acids is 2. The zero-order valence-electron chi connectivity index (χ0n) is 19.2. The minimum atomic E-state index is -0.149. The van der Waals surface area contributed by atoms with Crippen molar-refractivity contribution in [1.82, 2.24) is 24.6 Å². The zero-order chi connectivity index (χ0) is 22.7. The average molecular weight is 435 g/mol. The summed E-state index contributed by atoms with van der Waals surface area (Å²) in [6.45, 7) is 7.61. The highest BCUT2D eigenvalue weighted by atomic mass is 16.2. The third-order valence-electron chi connectivity index (χ3n) is 6.92. The number of likely N-dealkylation sites (tertiary alicyclic amines) is 1. The average Bonchev–Trinajstić information content (AvgIpc) is 3.37. The molecule has 1 aliphatic heterocycles. The van der Waals surface area contributed by atoms with Crippen molar-refractivity contribution >= 4 is 28.7 Å². The van der Waals surface area contributed by atoms with Crippen LogP contribution in [0.5, 0.6) is 0 Å². The van der Waals surface area contributed by atoms with Gasteiger partial charge in [-0.05, 0) is 63.6 Å². The second-order valence-electron chi connectivity index (χ2n) is 10.3. The molecule has 0 atom stereocenters. The number of benzene rings is 1. The van der Waals surface area contributed by atoms with Gasteiger partial charge in [-0.3, -0.25) is 14.3 Å². The molecule has 3 aromatic rings. The maximum atomic E-state index is 13.2. The van der Waals surface area contributed by atoms with Gasteiger partial charge in [-0.1, -0.05) is 0 Å². The monoisotopic (exact) mass is 434 g/mol. The molecule has 32 heavy (non-hydrogen) atoms. The number of H-pyrrole nitrogens is 1. The van der Waals surface area contributed by atoms with Crippen LogP contribution in [0.2, 0.25) is 0 Å². The van der Waals surface area contributed by atoms with Crippen LogP contribution in [-0.4, -0.2) is 56.5 Å². The number of nitrogens with zero attached hydrogens (tertiary/aromatic N) is 4. The van der Waals surface area contributed by atoms with Crippen LogP contribution in [0.15, 0.2) is 24.4 Å². The van der Waals surface area contributed by atoms with Crippen molar-refractivity contribution in [3.8, 4) is 0 Å². The molecule has 0 bridgehead atoms. The number of hydrogen-bond acceptors (Lipinski definition) is 5. The van der Waals surface area contributed by atoms with Gasteiger partial charge in [0.1, 0.15) is 5.69 Å². The first kappa shape index (κ1) is 20.7. The highest BCUT2D eigenvalue weighted by Gasteiger charge is 2.43. The van der Waals surface area contributed by atoms with Gasteiger partial charge in [0.25, 0.3) is 5.91 Å². The molecule has 5 rings (SSSR count). The summed E-state index contributed by atoms with van der Waals surface area (Å²) in [6, 6.07) is 5.58. The van der Waals surface area contributed by atoms with E-state index in [4.69, 9.17) is 0 Å². The van der Waals surface area contributed by atoms with E-state index in [9.17, 15) is 9.59 Å². The molecule has 2 aliphatic rings. The van der Waals surface area contributed by atoms with Crippen LogP contribution >= 0.6 is 0 Å². The molecular weight excluding hydrogens is 404 g/mol. The number of rotatable bonds is 2. The van der Waals surface area contributed by atoms with Crippen LogP contribution in [-0.2, 0) is 12.0 Å². The van der Waals surface area contributed by atoms with Gasteiger partial charge in [0.15, 0.2) is 5.78 Å². The molecule has 0 radical (unpaired) electrons. The van der Waals surface area contributed by atoms with Crippen molar-refractivity contribution < 1.29 is 9.59 Å². The molecule has 1 spiro atoms. The molecule has 2 aromatic heterocycles. The first-order valence-electron chi connectivity index (χ1n) is 11.3. The fraction of sp³-hybridized carbons (Fsp3) is 0.500. The highest BCUT2D eigenvalue weighted by molar-refractivity contribution is 5.98. The van der Waals surface area contributed by atoms with Crippen molar-refractivity contribution in [2.75, 3.05) is 25.5 Å². The van der Waals surface area contributed by atoms with E-state index in [-0.39, 0.29) is 22.6 Å². The van der Waals surface area contributed by atoms with E-state index in [2.05, 4.69) is 41.2 Å². The Morgan fingerprint density at radius 1 is 1.19 bits per heavy atom. The molecule has 8 heteroatoms. The Bertz CT molecular complexity index is 1210. The number of piperidine rings is 1. The molecule has 2 N–H and O–H groups in total. The predicted molar refractivity (Wildman–Crippen MR) is 123 cm³/mol. The summed E-state index contributed by atoms with van der Waals surface area (Å²) in [4.78, 5) is 35.6. The minimum Gasteiger partial charge on any atom is -0.359 e. The summed E-state index contributed by atoms with van der Waals surface area (Å²) in [7, 11) is 1.81. The summed E-state index contributed by atoms with van der Waals surface area (Å²) in [5.74, 6) is 0.852. The van der Waals surface area contributed by atoms with E-state index in [0.29, 0.717) is 36.7 Å². The number of nitrogens with one attached hydrogen (secondary N) is 2. The highest BCUT2D eigenvalue weighted by Crippen LogP contribution is 2.43. The van der Waals surface area contributed by atoms with Crippen LogP contribution in [0.1, 0.15) is 66.4 Å². The van der Waals surface area contributed by atoms with Crippen molar-refractivity contribution in [2.24, 2.45) is 5.41 Å². The van der Waals surface area contributed by atoms with E-state index in [0.717, 1.165) is 35.9 Å². The van der Waals surface area contributed by atoms with Gasteiger partial charge in [0.05, 0.1) is 16.6 Å². The Hall–Kier alpha value is -3.16. The maximum absolute atomic E-state index is 13.2. The standard InChI is InChI=1S/C24H30N6O2/c1-23(2,3)30-14-16-12-24(13-19(31)20(16)28-30)7-9-29(10-8-24)21(32)15-5-6-17-18(11-15)27-22(25-4)26-17/h5-6,11,14H,7-10,12-13H2,1-4H3,(H2,25,26,27). The smallest absolute Gasteiger partial charge is 0.253 e. The second kappa shape index (κ2) is 7.18. The molecule has 1 aliphatic carbocycles. The number of aromatic nitrogens is 4. The Morgan fingerprint density at radius 3 is 2.62 bits per heavy atom. The molecular formula is C24H30N6O2. The normalized spacial score (nSPS) is 18.2. The molecule has 1 saturated heterocycles. The molecule has 0 saturated carbocycles. The lowest BCUT2D eigenvalue weighted by atomic mass is 9.67. The third kappa shape index (κ3) is 3.47. The molecule has 8 nitrogen and oxygen atoms in total. The van der Waals surface area contributed by atoms with Gasteiger partial charge in [-0.25, -0.2) is 4.98 Å². The zero-order valence-corrected chi connectivity index (χ0v) is 19.2. The molecule has 168 valence electrons.